The zero-order valence-electron chi connectivity index (χ0n) is 13.8. The maximum absolute atomic E-state index is 4.55. The number of anilines is 2. The van der Waals surface area contributed by atoms with Crippen molar-refractivity contribution in [3.8, 4) is 11.4 Å². The van der Waals surface area contributed by atoms with Crippen LogP contribution in [0.3, 0.4) is 0 Å². The first-order chi connectivity index (χ1) is 10.6. The number of hydrogen-bond acceptors (Lipinski definition) is 5. The smallest absolute Gasteiger partial charge is 0.228 e. The molecule has 1 aromatic carbocycles. The van der Waals surface area contributed by atoms with E-state index in [2.05, 4.69) is 53.3 Å². The predicted molar refractivity (Wildman–Crippen MR) is 92.0 cm³/mol. The number of aromatic nitrogens is 3. The third kappa shape index (κ3) is 4.41. The largest absolute Gasteiger partial charge is 0.352 e. The highest BCUT2D eigenvalue weighted by Gasteiger charge is 2.11. The summed E-state index contributed by atoms with van der Waals surface area (Å²) in [7, 11) is 0. The first-order valence-electron chi connectivity index (χ1n) is 7.97. The topological polar surface area (TPSA) is 62.7 Å². The van der Waals surface area contributed by atoms with Crippen LogP contribution in [-0.2, 0) is 0 Å². The van der Waals surface area contributed by atoms with Crippen molar-refractivity contribution in [3.63, 3.8) is 0 Å². The monoisotopic (exact) mass is 299 g/mol. The zero-order chi connectivity index (χ0) is 15.9. The molecule has 118 valence electrons. The van der Waals surface area contributed by atoms with Crippen LogP contribution >= 0.6 is 0 Å². The fourth-order valence-corrected chi connectivity index (χ4v) is 1.87. The van der Waals surface area contributed by atoms with E-state index in [0.29, 0.717) is 29.8 Å². The van der Waals surface area contributed by atoms with E-state index in [1.165, 1.54) is 0 Å². The Balaban J connectivity index is 2.35. The van der Waals surface area contributed by atoms with E-state index < -0.39 is 0 Å². The van der Waals surface area contributed by atoms with Crippen LogP contribution in [0.25, 0.3) is 11.4 Å². The van der Waals surface area contributed by atoms with Gasteiger partial charge in [0, 0.05) is 17.6 Å². The van der Waals surface area contributed by atoms with Gasteiger partial charge in [0.05, 0.1) is 0 Å². The molecular weight excluding hydrogens is 274 g/mol. The lowest BCUT2D eigenvalue weighted by Gasteiger charge is -2.15. The molecule has 2 aromatic rings. The summed E-state index contributed by atoms with van der Waals surface area (Å²) < 4.78 is 0. The number of nitrogens with one attached hydrogen (secondary N) is 2. The minimum atomic E-state index is 0.322. The van der Waals surface area contributed by atoms with E-state index in [1.54, 1.807) is 0 Å². The molecule has 0 saturated heterocycles. The van der Waals surface area contributed by atoms with Gasteiger partial charge in [-0.3, -0.25) is 0 Å². The third-order valence-electron chi connectivity index (χ3n) is 3.64. The maximum atomic E-state index is 4.55. The molecule has 2 unspecified atom stereocenters. The second-order valence-electron chi connectivity index (χ2n) is 5.58. The standard InChI is InChI=1S/C17H25N5/c1-5-12(3)18-16-20-15(14-10-8-7-9-11-14)21-17(22-16)19-13(4)6-2/h7-13H,5-6H2,1-4H3,(H2,18,19,20,21,22). The van der Waals surface area contributed by atoms with E-state index in [-0.39, 0.29) is 0 Å². The summed E-state index contributed by atoms with van der Waals surface area (Å²) in [6.45, 7) is 8.51. The van der Waals surface area contributed by atoms with Gasteiger partial charge >= 0.3 is 0 Å². The van der Waals surface area contributed by atoms with Crippen LogP contribution in [-0.4, -0.2) is 27.0 Å². The summed E-state index contributed by atoms with van der Waals surface area (Å²) in [5.74, 6) is 1.93. The molecule has 2 atom stereocenters. The normalized spacial score (nSPS) is 13.5. The first kappa shape index (κ1) is 16.2. The van der Waals surface area contributed by atoms with Gasteiger partial charge in [-0.2, -0.15) is 15.0 Å². The second-order valence-corrected chi connectivity index (χ2v) is 5.58. The molecular formula is C17H25N5. The van der Waals surface area contributed by atoms with Crippen LogP contribution in [0, 0.1) is 0 Å². The van der Waals surface area contributed by atoms with Crippen LogP contribution in [0.4, 0.5) is 11.9 Å². The molecule has 0 aliphatic heterocycles. The Kier molecular flexibility index (Phi) is 5.69. The number of benzene rings is 1. The highest BCUT2D eigenvalue weighted by molar-refractivity contribution is 5.57. The Bertz CT molecular complexity index is 555. The van der Waals surface area contributed by atoms with Gasteiger partial charge in [0.15, 0.2) is 5.82 Å². The Morgan fingerprint density at radius 2 is 1.32 bits per heavy atom. The average molecular weight is 299 g/mol. The highest BCUT2D eigenvalue weighted by atomic mass is 15.2. The highest BCUT2D eigenvalue weighted by Crippen LogP contribution is 2.18. The molecule has 0 spiro atoms. The van der Waals surface area contributed by atoms with Crippen molar-refractivity contribution >= 4 is 11.9 Å². The molecule has 22 heavy (non-hydrogen) atoms. The quantitative estimate of drug-likeness (QED) is 0.810. The van der Waals surface area contributed by atoms with E-state index in [9.17, 15) is 0 Å². The van der Waals surface area contributed by atoms with Gasteiger partial charge < -0.3 is 10.6 Å². The van der Waals surface area contributed by atoms with Crippen molar-refractivity contribution in [2.75, 3.05) is 10.6 Å². The Labute approximate surface area is 132 Å². The molecule has 0 bridgehead atoms. The van der Waals surface area contributed by atoms with E-state index in [1.807, 2.05) is 30.3 Å². The lowest BCUT2D eigenvalue weighted by molar-refractivity contribution is 0.739. The first-order valence-corrected chi connectivity index (χ1v) is 7.97. The summed E-state index contributed by atoms with van der Waals surface area (Å²) in [5.41, 5.74) is 0.990. The number of nitrogens with zero attached hydrogens (tertiary/aromatic N) is 3. The number of hydrogen-bond donors (Lipinski definition) is 2. The average Bonchev–Trinajstić information content (AvgIpc) is 2.55. The Hall–Kier alpha value is -2.17. The molecule has 0 fully saturated rings. The van der Waals surface area contributed by atoms with Gasteiger partial charge in [0.2, 0.25) is 11.9 Å². The molecule has 0 aliphatic rings. The van der Waals surface area contributed by atoms with Crippen molar-refractivity contribution in [2.24, 2.45) is 0 Å². The van der Waals surface area contributed by atoms with Crippen LogP contribution in [0.5, 0.6) is 0 Å². The summed E-state index contributed by atoms with van der Waals surface area (Å²) >= 11 is 0. The van der Waals surface area contributed by atoms with Gasteiger partial charge in [-0.1, -0.05) is 44.2 Å². The molecule has 5 nitrogen and oxygen atoms in total. The van der Waals surface area contributed by atoms with E-state index in [4.69, 9.17) is 0 Å². The molecule has 2 rings (SSSR count). The van der Waals surface area contributed by atoms with Gasteiger partial charge in [-0.05, 0) is 26.7 Å². The van der Waals surface area contributed by atoms with Crippen LogP contribution < -0.4 is 10.6 Å². The van der Waals surface area contributed by atoms with Crippen molar-refractivity contribution in [2.45, 2.75) is 52.6 Å². The zero-order valence-corrected chi connectivity index (χ0v) is 13.8. The van der Waals surface area contributed by atoms with Crippen LogP contribution in [0.15, 0.2) is 30.3 Å². The molecule has 0 amide bonds. The van der Waals surface area contributed by atoms with Crippen molar-refractivity contribution < 1.29 is 0 Å². The lowest BCUT2D eigenvalue weighted by atomic mass is 10.2. The van der Waals surface area contributed by atoms with Gasteiger partial charge in [-0.25, -0.2) is 0 Å². The van der Waals surface area contributed by atoms with E-state index >= 15 is 0 Å². The summed E-state index contributed by atoms with van der Waals surface area (Å²) in [5, 5.41) is 6.66. The summed E-state index contributed by atoms with van der Waals surface area (Å²) in [6.07, 6.45) is 2.03. The SMILES string of the molecule is CCC(C)Nc1nc(NC(C)CC)nc(-c2ccccc2)n1. The minimum Gasteiger partial charge on any atom is -0.352 e. The van der Waals surface area contributed by atoms with Crippen molar-refractivity contribution in [3.05, 3.63) is 30.3 Å². The number of rotatable bonds is 7. The van der Waals surface area contributed by atoms with Gasteiger partial charge in [0.25, 0.3) is 0 Å². The molecule has 1 aromatic heterocycles. The summed E-state index contributed by atoms with van der Waals surface area (Å²) in [4.78, 5) is 13.6. The van der Waals surface area contributed by atoms with Crippen molar-refractivity contribution in [1.29, 1.82) is 0 Å². The maximum Gasteiger partial charge on any atom is 0.228 e. The molecule has 1 heterocycles. The second kappa shape index (κ2) is 7.73. The molecule has 5 heteroatoms. The van der Waals surface area contributed by atoms with Gasteiger partial charge in [-0.15, -0.1) is 0 Å². The predicted octanol–water partition coefficient (Wildman–Crippen LogP) is 3.96. The third-order valence-corrected chi connectivity index (χ3v) is 3.64. The van der Waals surface area contributed by atoms with Gasteiger partial charge in [0.1, 0.15) is 0 Å². The molecule has 0 radical (unpaired) electrons. The Morgan fingerprint density at radius 1 is 0.818 bits per heavy atom. The molecule has 2 N–H and O–H groups in total. The van der Waals surface area contributed by atoms with Crippen LogP contribution in [0.1, 0.15) is 40.5 Å². The fraction of sp³-hybridized carbons (Fsp3) is 0.471. The summed E-state index contributed by atoms with van der Waals surface area (Å²) in [6, 6.07) is 10.6. The van der Waals surface area contributed by atoms with E-state index in [0.717, 1.165) is 18.4 Å². The molecule has 0 aliphatic carbocycles. The van der Waals surface area contributed by atoms with Crippen molar-refractivity contribution in [1.82, 2.24) is 15.0 Å². The lowest BCUT2D eigenvalue weighted by Crippen LogP contribution is -2.20. The fourth-order valence-electron chi connectivity index (χ4n) is 1.87. The minimum absolute atomic E-state index is 0.322. The molecule has 0 saturated carbocycles. The Morgan fingerprint density at radius 3 is 1.77 bits per heavy atom. The van der Waals surface area contributed by atoms with Crippen LogP contribution in [0.2, 0.25) is 0 Å².